The zero-order chi connectivity index (χ0) is 18.1. The number of thiazole rings is 1. The lowest BCUT2D eigenvalue weighted by atomic mass is 9.88. The van der Waals surface area contributed by atoms with Crippen molar-refractivity contribution in [2.45, 2.75) is 39.0 Å². The molecule has 0 bridgehead atoms. The number of nitrogens with zero attached hydrogens (tertiary/aromatic N) is 3. The highest BCUT2D eigenvalue weighted by atomic mass is 32.1. The van der Waals surface area contributed by atoms with Crippen molar-refractivity contribution in [3.8, 4) is 5.75 Å². The number of rotatable bonds is 3. The van der Waals surface area contributed by atoms with E-state index in [0.29, 0.717) is 5.91 Å². The van der Waals surface area contributed by atoms with Crippen molar-refractivity contribution < 1.29 is 9.53 Å². The lowest BCUT2D eigenvalue weighted by Crippen LogP contribution is -2.50. The Kier molecular flexibility index (Phi) is 5.02. The van der Waals surface area contributed by atoms with Crippen molar-refractivity contribution in [1.82, 2.24) is 9.88 Å². The Morgan fingerprint density at radius 2 is 1.88 bits per heavy atom. The van der Waals surface area contributed by atoms with Gasteiger partial charge >= 0.3 is 0 Å². The van der Waals surface area contributed by atoms with Crippen LogP contribution in [0, 0.1) is 12.8 Å². The molecule has 2 fully saturated rings. The number of amides is 1. The maximum atomic E-state index is 12.7. The monoisotopic (exact) mass is 373 g/mol. The average molecular weight is 374 g/mol. The second kappa shape index (κ2) is 7.43. The first-order valence-electron chi connectivity index (χ1n) is 9.65. The molecular formula is C20H27N3O2S. The van der Waals surface area contributed by atoms with E-state index in [-0.39, 0.29) is 5.92 Å². The summed E-state index contributed by atoms with van der Waals surface area (Å²) < 4.78 is 6.67. The van der Waals surface area contributed by atoms with Gasteiger partial charge in [-0.3, -0.25) is 4.79 Å². The minimum Gasteiger partial charge on any atom is -0.494 e. The molecule has 2 heterocycles. The molecule has 0 radical (unpaired) electrons. The maximum Gasteiger partial charge on any atom is 0.225 e. The third-order valence-electron chi connectivity index (χ3n) is 5.73. The number of anilines is 1. The molecule has 0 spiro atoms. The molecule has 1 aromatic heterocycles. The summed E-state index contributed by atoms with van der Waals surface area (Å²) in [5, 5.41) is 1.04. The molecule has 0 atom stereocenters. The van der Waals surface area contributed by atoms with E-state index in [9.17, 15) is 4.79 Å². The molecule has 1 aromatic carbocycles. The predicted molar refractivity (Wildman–Crippen MR) is 106 cm³/mol. The van der Waals surface area contributed by atoms with Gasteiger partial charge in [-0.25, -0.2) is 4.98 Å². The van der Waals surface area contributed by atoms with E-state index < -0.39 is 0 Å². The van der Waals surface area contributed by atoms with Crippen LogP contribution in [-0.2, 0) is 4.79 Å². The van der Waals surface area contributed by atoms with Crippen LogP contribution in [0.3, 0.4) is 0 Å². The summed E-state index contributed by atoms with van der Waals surface area (Å²) in [5.41, 5.74) is 2.18. The van der Waals surface area contributed by atoms with Crippen LogP contribution in [-0.4, -0.2) is 49.1 Å². The van der Waals surface area contributed by atoms with Crippen molar-refractivity contribution in [2.24, 2.45) is 5.92 Å². The maximum absolute atomic E-state index is 12.7. The van der Waals surface area contributed by atoms with Crippen LogP contribution in [0.2, 0.25) is 0 Å². The first-order chi connectivity index (χ1) is 12.7. The molecule has 2 aliphatic rings. The van der Waals surface area contributed by atoms with E-state index in [1.165, 1.54) is 29.5 Å². The highest BCUT2D eigenvalue weighted by Gasteiger charge is 2.29. The molecule has 0 unspecified atom stereocenters. The lowest BCUT2D eigenvalue weighted by Gasteiger charge is -2.37. The Hall–Kier alpha value is -1.82. The third-order valence-corrected chi connectivity index (χ3v) is 6.98. The quantitative estimate of drug-likeness (QED) is 0.820. The molecule has 1 aliphatic carbocycles. The van der Waals surface area contributed by atoms with E-state index in [1.807, 2.05) is 6.07 Å². The second-order valence-electron chi connectivity index (χ2n) is 7.41. The topological polar surface area (TPSA) is 45.7 Å². The Morgan fingerprint density at radius 1 is 1.15 bits per heavy atom. The molecule has 140 valence electrons. The van der Waals surface area contributed by atoms with Gasteiger partial charge in [-0.2, -0.15) is 0 Å². The van der Waals surface area contributed by atoms with E-state index >= 15 is 0 Å². The summed E-state index contributed by atoms with van der Waals surface area (Å²) in [5.74, 6) is 1.48. The molecule has 26 heavy (non-hydrogen) atoms. The number of ether oxygens (including phenoxy) is 1. The van der Waals surface area contributed by atoms with Crippen molar-refractivity contribution in [3.05, 3.63) is 17.7 Å². The summed E-state index contributed by atoms with van der Waals surface area (Å²) in [6.45, 7) is 5.45. The van der Waals surface area contributed by atoms with E-state index in [2.05, 4.69) is 22.8 Å². The van der Waals surface area contributed by atoms with Gasteiger partial charge in [0.05, 0.1) is 11.8 Å². The van der Waals surface area contributed by atoms with Crippen LogP contribution in [0.1, 0.15) is 37.7 Å². The number of carbonyl (C=O) groups excluding carboxylic acids is 1. The minimum absolute atomic E-state index is 0.268. The summed E-state index contributed by atoms with van der Waals surface area (Å²) in [6, 6.07) is 4.08. The summed E-state index contributed by atoms with van der Waals surface area (Å²) >= 11 is 1.73. The predicted octanol–water partition coefficient (Wildman–Crippen LogP) is 3.84. The zero-order valence-corrected chi connectivity index (χ0v) is 16.5. The van der Waals surface area contributed by atoms with Crippen LogP contribution in [0.15, 0.2) is 12.1 Å². The minimum atomic E-state index is 0.268. The van der Waals surface area contributed by atoms with Crippen LogP contribution in [0.25, 0.3) is 10.2 Å². The van der Waals surface area contributed by atoms with Gasteiger partial charge in [-0.05, 0) is 31.4 Å². The molecule has 5 nitrogen and oxygen atoms in total. The van der Waals surface area contributed by atoms with Crippen LogP contribution < -0.4 is 9.64 Å². The number of fused-ring (bicyclic) bond motifs is 1. The van der Waals surface area contributed by atoms with Crippen molar-refractivity contribution in [2.75, 3.05) is 38.2 Å². The number of aryl methyl sites for hydroxylation is 1. The molecular weight excluding hydrogens is 346 g/mol. The van der Waals surface area contributed by atoms with Gasteiger partial charge in [-0.1, -0.05) is 36.7 Å². The molecule has 0 N–H and O–H groups in total. The van der Waals surface area contributed by atoms with Gasteiger partial charge in [0, 0.05) is 32.1 Å². The van der Waals surface area contributed by atoms with Crippen molar-refractivity contribution in [3.63, 3.8) is 0 Å². The van der Waals surface area contributed by atoms with Crippen LogP contribution in [0.4, 0.5) is 5.13 Å². The Labute approximate surface area is 159 Å². The molecule has 1 aliphatic heterocycles. The standard InChI is InChI=1S/C20H27N3O2S/c1-14-8-9-16(25-2)17-18(14)26-20(21-17)23-12-10-22(11-13-23)19(24)15-6-4-3-5-7-15/h8-9,15H,3-7,10-13H2,1-2H3. The van der Waals surface area contributed by atoms with E-state index in [1.54, 1.807) is 18.4 Å². The van der Waals surface area contributed by atoms with Crippen LogP contribution >= 0.6 is 11.3 Å². The molecule has 1 amide bonds. The summed E-state index contributed by atoms with van der Waals surface area (Å²) in [4.78, 5) is 22.0. The normalized spacial score (nSPS) is 19.2. The molecule has 1 saturated carbocycles. The van der Waals surface area contributed by atoms with E-state index in [0.717, 1.165) is 55.4 Å². The largest absolute Gasteiger partial charge is 0.494 e. The average Bonchev–Trinajstić information content (AvgIpc) is 3.15. The fraction of sp³-hybridized carbons (Fsp3) is 0.600. The van der Waals surface area contributed by atoms with Crippen LogP contribution in [0.5, 0.6) is 5.75 Å². The lowest BCUT2D eigenvalue weighted by molar-refractivity contribution is -0.136. The Morgan fingerprint density at radius 3 is 2.58 bits per heavy atom. The summed E-state index contributed by atoms with van der Waals surface area (Å²) in [7, 11) is 1.69. The smallest absolute Gasteiger partial charge is 0.225 e. The van der Waals surface area contributed by atoms with Gasteiger partial charge in [-0.15, -0.1) is 0 Å². The van der Waals surface area contributed by atoms with Crippen molar-refractivity contribution in [1.29, 1.82) is 0 Å². The fourth-order valence-corrected chi connectivity index (χ4v) is 5.23. The number of carbonyl (C=O) groups is 1. The molecule has 4 rings (SSSR count). The van der Waals surface area contributed by atoms with Gasteiger partial charge < -0.3 is 14.5 Å². The number of benzene rings is 1. The number of hydrogen-bond acceptors (Lipinski definition) is 5. The highest BCUT2D eigenvalue weighted by molar-refractivity contribution is 7.22. The fourth-order valence-electron chi connectivity index (χ4n) is 4.12. The van der Waals surface area contributed by atoms with Gasteiger partial charge in [0.15, 0.2) is 5.13 Å². The first-order valence-corrected chi connectivity index (χ1v) is 10.5. The third kappa shape index (κ3) is 3.27. The Balaban J connectivity index is 1.45. The summed E-state index contributed by atoms with van der Waals surface area (Å²) in [6.07, 6.45) is 5.87. The van der Waals surface area contributed by atoms with Gasteiger partial charge in [0.25, 0.3) is 0 Å². The Bertz CT molecular complexity index is 790. The molecule has 6 heteroatoms. The van der Waals surface area contributed by atoms with Gasteiger partial charge in [0.2, 0.25) is 5.91 Å². The second-order valence-corrected chi connectivity index (χ2v) is 8.38. The zero-order valence-electron chi connectivity index (χ0n) is 15.7. The van der Waals surface area contributed by atoms with Gasteiger partial charge in [0.1, 0.15) is 11.3 Å². The molecule has 2 aromatic rings. The number of aromatic nitrogens is 1. The first kappa shape index (κ1) is 17.6. The van der Waals surface area contributed by atoms with E-state index in [4.69, 9.17) is 9.72 Å². The SMILES string of the molecule is COc1ccc(C)c2sc(N3CCN(C(=O)C4CCCCC4)CC3)nc12. The highest BCUT2D eigenvalue weighted by Crippen LogP contribution is 2.36. The number of methoxy groups -OCH3 is 1. The van der Waals surface area contributed by atoms with Crippen molar-refractivity contribution >= 4 is 32.6 Å². The number of piperazine rings is 1. The molecule has 1 saturated heterocycles. The number of hydrogen-bond donors (Lipinski definition) is 0.